The fourth-order valence-electron chi connectivity index (χ4n) is 4.40. The van der Waals surface area contributed by atoms with E-state index in [9.17, 15) is 4.79 Å². The lowest BCUT2D eigenvalue weighted by Gasteiger charge is -2.34. The minimum atomic E-state index is 0.00360. The predicted octanol–water partition coefficient (Wildman–Crippen LogP) is 3.40. The first-order valence-corrected chi connectivity index (χ1v) is 11.1. The second-order valence-electron chi connectivity index (χ2n) is 8.56. The van der Waals surface area contributed by atoms with Crippen molar-refractivity contribution in [1.82, 2.24) is 29.0 Å². The first kappa shape index (κ1) is 20.5. The van der Waals surface area contributed by atoms with Crippen LogP contribution >= 0.6 is 0 Å². The van der Waals surface area contributed by atoms with E-state index in [-0.39, 0.29) is 5.91 Å². The molecule has 1 aliphatic rings. The van der Waals surface area contributed by atoms with E-state index in [1.807, 2.05) is 52.9 Å². The van der Waals surface area contributed by atoms with Crippen molar-refractivity contribution in [3.05, 3.63) is 83.1 Å². The lowest BCUT2D eigenvalue weighted by Crippen LogP contribution is -2.48. The van der Waals surface area contributed by atoms with Gasteiger partial charge in [0.15, 0.2) is 5.69 Å². The van der Waals surface area contributed by atoms with E-state index in [0.717, 1.165) is 42.4 Å². The minimum absolute atomic E-state index is 0.00360. The molecule has 0 atom stereocenters. The van der Waals surface area contributed by atoms with Crippen LogP contribution in [-0.2, 0) is 6.54 Å². The van der Waals surface area contributed by atoms with Gasteiger partial charge in [-0.3, -0.25) is 9.69 Å². The molecule has 0 N–H and O–H groups in total. The molecular weight excluding hydrogens is 400 g/mol. The maximum atomic E-state index is 13.1. The lowest BCUT2D eigenvalue weighted by molar-refractivity contribution is 0.0620. The number of aromatic nitrogens is 4. The number of rotatable bonds is 4. The topological polar surface area (TPSA) is 58.7 Å². The monoisotopic (exact) mass is 428 g/mol. The summed E-state index contributed by atoms with van der Waals surface area (Å²) in [6.45, 7) is 10.0. The predicted molar refractivity (Wildman–Crippen MR) is 124 cm³/mol. The zero-order chi connectivity index (χ0) is 22.2. The molecule has 0 aliphatic carbocycles. The Morgan fingerprint density at radius 1 is 0.969 bits per heavy atom. The molecule has 4 heterocycles. The summed E-state index contributed by atoms with van der Waals surface area (Å²) >= 11 is 0. The number of nitrogens with zero attached hydrogens (tertiary/aromatic N) is 6. The Bertz CT molecular complexity index is 1260. The van der Waals surface area contributed by atoms with Crippen LogP contribution in [-0.4, -0.2) is 61.1 Å². The first-order valence-electron chi connectivity index (χ1n) is 11.1. The molecule has 0 radical (unpaired) electrons. The Kier molecular flexibility index (Phi) is 5.27. The smallest absolute Gasteiger partial charge is 0.274 e. The number of carbonyl (C=O) groups is 1. The molecule has 164 valence electrons. The minimum Gasteiger partial charge on any atom is -0.335 e. The molecule has 4 aromatic rings. The van der Waals surface area contributed by atoms with Crippen LogP contribution in [0.5, 0.6) is 0 Å². The van der Waals surface area contributed by atoms with Gasteiger partial charge in [-0.1, -0.05) is 18.2 Å². The zero-order valence-corrected chi connectivity index (χ0v) is 18.8. The molecule has 0 saturated carbocycles. The van der Waals surface area contributed by atoms with Gasteiger partial charge in [-0.15, -0.1) is 0 Å². The van der Waals surface area contributed by atoms with E-state index in [1.54, 1.807) is 0 Å². The fourth-order valence-corrected chi connectivity index (χ4v) is 4.40. The van der Waals surface area contributed by atoms with Crippen LogP contribution in [0.2, 0.25) is 0 Å². The molecule has 1 amide bonds. The quantitative estimate of drug-likeness (QED) is 0.500. The zero-order valence-electron chi connectivity index (χ0n) is 18.8. The summed E-state index contributed by atoms with van der Waals surface area (Å²) in [5.74, 6) is 0.00360. The van der Waals surface area contributed by atoms with E-state index in [2.05, 4.69) is 46.6 Å². The number of hydrogen-bond donors (Lipinski definition) is 0. The van der Waals surface area contributed by atoms with Crippen LogP contribution in [0.4, 0.5) is 0 Å². The number of fused-ring (bicyclic) bond motifs is 1. The molecule has 7 nitrogen and oxygen atoms in total. The number of pyridine rings is 1. The van der Waals surface area contributed by atoms with Crippen molar-refractivity contribution in [3.8, 4) is 5.69 Å². The summed E-state index contributed by atoms with van der Waals surface area (Å²) in [5.41, 5.74) is 6.92. The largest absolute Gasteiger partial charge is 0.335 e. The molecule has 1 aliphatic heterocycles. The van der Waals surface area contributed by atoms with Gasteiger partial charge in [0.2, 0.25) is 0 Å². The van der Waals surface area contributed by atoms with Crippen LogP contribution in [0.3, 0.4) is 0 Å². The number of benzene rings is 1. The molecule has 0 spiro atoms. The number of piperazine rings is 1. The van der Waals surface area contributed by atoms with Gasteiger partial charge >= 0.3 is 0 Å². The van der Waals surface area contributed by atoms with Crippen LogP contribution in [0.1, 0.15) is 33.1 Å². The fraction of sp³-hybridized carbons (Fsp3) is 0.320. The summed E-state index contributed by atoms with van der Waals surface area (Å²) in [5, 5.41) is 4.59. The van der Waals surface area contributed by atoms with E-state index >= 15 is 0 Å². The maximum absolute atomic E-state index is 13.1. The SMILES string of the molecule is Cc1ccn2c(CN3CCN(C(=O)c4cc(C)n(-c5ccccc5)n4)CC3)c(C)nc2c1. The molecule has 5 rings (SSSR count). The Labute approximate surface area is 187 Å². The number of hydrogen-bond acceptors (Lipinski definition) is 4. The van der Waals surface area contributed by atoms with Crippen molar-refractivity contribution in [1.29, 1.82) is 0 Å². The summed E-state index contributed by atoms with van der Waals surface area (Å²) in [6.07, 6.45) is 2.10. The third-order valence-electron chi connectivity index (χ3n) is 6.22. The average Bonchev–Trinajstić information content (AvgIpc) is 3.33. The molecule has 0 bridgehead atoms. The van der Waals surface area contributed by atoms with Crippen LogP contribution in [0.15, 0.2) is 54.7 Å². The highest BCUT2D eigenvalue weighted by Gasteiger charge is 2.25. The summed E-state index contributed by atoms with van der Waals surface area (Å²) in [6, 6.07) is 16.0. The average molecular weight is 429 g/mol. The molecule has 1 saturated heterocycles. The van der Waals surface area contributed by atoms with Crippen LogP contribution < -0.4 is 0 Å². The molecule has 3 aromatic heterocycles. The second-order valence-corrected chi connectivity index (χ2v) is 8.56. The molecule has 7 heteroatoms. The first-order chi connectivity index (χ1) is 15.5. The van der Waals surface area contributed by atoms with Gasteiger partial charge in [0.25, 0.3) is 5.91 Å². The molecular formula is C25H28N6O. The molecule has 1 aromatic carbocycles. The van der Waals surface area contributed by atoms with E-state index in [0.29, 0.717) is 18.8 Å². The van der Waals surface area contributed by atoms with Gasteiger partial charge in [0, 0.05) is 44.6 Å². The van der Waals surface area contributed by atoms with Crippen molar-refractivity contribution in [2.24, 2.45) is 0 Å². The van der Waals surface area contributed by atoms with Crippen molar-refractivity contribution in [2.75, 3.05) is 26.2 Å². The summed E-state index contributed by atoms with van der Waals surface area (Å²) < 4.78 is 4.01. The summed E-state index contributed by atoms with van der Waals surface area (Å²) in [4.78, 5) is 22.1. The third kappa shape index (κ3) is 3.80. The number of amides is 1. The second kappa shape index (κ2) is 8.24. The molecule has 1 fully saturated rings. The maximum Gasteiger partial charge on any atom is 0.274 e. The van der Waals surface area contributed by atoms with E-state index < -0.39 is 0 Å². The highest BCUT2D eigenvalue weighted by Crippen LogP contribution is 2.18. The number of para-hydroxylation sites is 1. The van der Waals surface area contributed by atoms with Crippen LogP contribution in [0.25, 0.3) is 11.3 Å². The van der Waals surface area contributed by atoms with Gasteiger partial charge in [0.05, 0.1) is 17.1 Å². The Morgan fingerprint density at radius 3 is 2.47 bits per heavy atom. The van der Waals surface area contributed by atoms with Gasteiger partial charge < -0.3 is 9.30 Å². The number of aryl methyl sites for hydroxylation is 3. The van der Waals surface area contributed by atoms with Gasteiger partial charge in [0.1, 0.15) is 5.65 Å². The van der Waals surface area contributed by atoms with Gasteiger partial charge in [-0.05, 0) is 56.7 Å². The Hall–Kier alpha value is -3.45. The van der Waals surface area contributed by atoms with Gasteiger partial charge in [-0.2, -0.15) is 5.10 Å². The number of carbonyl (C=O) groups excluding carboxylic acids is 1. The third-order valence-corrected chi connectivity index (χ3v) is 6.22. The van der Waals surface area contributed by atoms with Crippen molar-refractivity contribution in [2.45, 2.75) is 27.3 Å². The summed E-state index contributed by atoms with van der Waals surface area (Å²) in [7, 11) is 0. The van der Waals surface area contributed by atoms with E-state index in [1.165, 1.54) is 11.3 Å². The molecule has 32 heavy (non-hydrogen) atoms. The Morgan fingerprint density at radius 2 is 1.72 bits per heavy atom. The normalized spacial score (nSPS) is 14.9. The number of imidazole rings is 1. The molecule has 0 unspecified atom stereocenters. The Balaban J connectivity index is 1.26. The van der Waals surface area contributed by atoms with Gasteiger partial charge in [-0.25, -0.2) is 9.67 Å². The van der Waals surface area contributed by atoms with Crippen molar-refractivity contribution < 1.29 is 4.79 Å². The van der Waals surface area contributed by atoms with Crippen molar-refractivity contribution >= 4 is 11.6 Å². The van der Waals surface area contributed by atoms with Crippen LogP contribution in [0, 0.1) is 20.8 Å². The highest BCUT2D eigenvalue weighted by molar-refractivity contribution is 5.92. The highest BCUT2D eigenvalue weighted by atomic mass is 16.2. The van der Waals surface area contributed by atoms with E-state index in [4.69, 9.17) is 4.98 Å². The van der Waals surface area contributed by atoms with Crippen molar-refractivity contribution in [3.63, 3.8) is 0 Å². The lowest BCUT2D eigenvalue weighted by atomic mass is 10.2. The standard InChI is InChI=1S/C25H28N6O/c1-18-9-10-30-23(20(3)26-24(30)15-18)17-28-11-13-29(14-12-28)25(32)22-16-19(2)31(27-22)21-7-5-4-6-8-21/h4-10,15-16H,11-14,17H2,1-3H3.